The van der Waals surface area contributed by atoms with Crippen LogP contribution in [0, 0.1) is 0 Å². The van der Waals surface area contributed by atoms with E-state index in [1.165, 1.54) is 11.3 Å². The van der Waals surface area contributed by atoms with Gasteiger partial charge in [-0.1, -0.05) is 6.08 Å². The molecular formula is C11H13NO3S. The van der Waals surface area contributed by atoms with Gasteiger partial charge >= 0.3 is 5.97 Å². The highest BCUT2D eigenvalue weighted by atomic mass is 32.1. The van der Waals surface area contributed by atoms with Crippen molar-refractivity contribution in [1.29, 1.82) is 0 Å². The number of aliphatic carboxylic acids is 1. The van der Waals surface area contributed by atoms with Gasteiger partial charge in [-0.3, -0.25) is 4.79 Å². The molecule has 1 heterocycles. The van der Waals surface area contributed by atoms with Crippen molar-refractivity contribution in [1.82, 2.24) is 5.32 Å². The molecule has 1 aromatic heterocycles. The van der Waals surface area contributed by atoms with Gasteiger partial charge in [-0.15, -0.1) is 6.58 Å². The van der Waals surface area contributed by atoms with Crippen molar-refractivity contribution in [2.45, 2.75) is 18.9 Å². The van der Waals surface area contributed by atoms with Gasteiger partial charge in [0.1, 0.15) is 6.04 Å². The summed E-state index contributed by atoms with van der Waals surface area (Å²) in [5.74, 6) is -1.37. The molecule has 1 amide bonds. The molecule has 0 spiro atoms. The number of carbonyl (C=O) groups is 2. The van der Waals surface area contributed by atoms with Gasteiger partial charge < -0.3 is 10.4 Å². The summed E-state index contributed by atoms with van der Waals surface area (Å²) in [4.78, 5) is 22.5. The van der Waals surface area contributed by atoms with E-state index in [1.807, 2.05) is 0 Å². The third-order valence-corrected chi connectivity index (χ3v) is 2.73. The summed E-state index contributed by atoms with van der Waals surface area (Å²) in [6, 6.07) is 0.803. The lowest BCUT2D eigenvalue weighted by atomic mass is 10.1. The first kappa shape index (κ1) is 12.4. The molecule has 5 heteroatoms. The van der Waals surface area contributed by atoms with Crippen LogP contribution in [0.1, 0.15) is 23.2 Å². The highest BCUT2D eigenvalue weighted by Crippen LogP contribution is 2.07. The molecule has 4 nitrogen and oxygen atoms in total. The monoisotopic (exact) mass is 239 g/mol. The molecule has 1 atom stereocenters. The van der Waals surface area contributed by atoms with E-state index < -0.39 is 12.0 Å². The molecule has 1 unspecified atom stereocenters. The summed E-state index contributed by atoms with van der Waals surface area (Å²) in [5, 5.41) is 14.8. The third kappa shape index (κ3) is 3.51. The maximum Gasteiger partial charge on any atom is 0.326 e. The number of rotatable bonds is 6. The van der Waals surface area contributed by atoms with Crippen molar-refractivity contribution in [3.05, 3.63) is 35.0 Å². The van der Waals surface area contributed by atoms with Gasteiger partial charge in [-0.25, -0.2) is 4.79 Å². The molecule has 2 N–H and O–H groups in total. The van der Waals surface area contributed by atoms with Gasteiger partial charge in [0.2, 0.25) is 0 Å². The van der Waals surface area contributed by atoms with Gasteiger partial charge in [-0.2, -0.15) is 11.3 Å². The quantitative estimate of drug-likeness (QED) is 0.745. The molecule has 0 aliphatic rings. The summed E-state index contributed by atoms with van der Waals surface area (Å²) in [5.41, 5.74) is 0.495. The Hall–Kier alpha value is -1.62. The molecule has 1 aromatic rings. The predicted octanol–water partition coefficient (Wildman–Crippen LogP) is 1.90. The molecule has 0 radical (unpaired) electrons. The van der Waals surface area contributed by atoms with Crippen LogP contribution in [0.2, 0.25) is 0 Å². The van der Waals surface area contributed by atoms with Crippen molar-refractivity contribution in [2.24, 2.45) is 0 Å². The number of hydrogen-bond acceptors (Lipinski definition) is 3. The Bertz CT molecular complexity index is 373. The lowest BCUT2D eigenvalue weighted by molar-refractivity contribution is -0.139. The molecular weight excluding hydrogens is 226 g/mol. The van der Waals surface area contributed by atoms with Crippen molar-refractivity contribution >= 4 is 23.2 Å². The number of carboxylic acid groups (broad SMARTS) is 1. The number of nitrogens with one attached hydrogen (secondary N) is 1. The number of thiophene rings is 1. The van der Waals surface area contributed by atoms with Crippen LogP contribution in [0.3, 0.4) is 0 Å². The number of carbonyl (C=O) groups excluding carboxylic acids is 1. The molecule has 0 aliphatic carbocycles. The average Bonchev–Trinajstić information content (AvgIpc) is 2.76. The Labute approximate surface area is 97.6 Å². The van der Waals surface area contributed by atoms with Crippen LogP contribution in [0.25, 0.3) is 0 Å². The first-order valence-corrected chi connectivity index (χ1v) is 5.76. The maximum absolute atomic E-state index is 11.6. The van der Waals surface area contributed by atoms with E-state index in [4.69, 9.17) is 5.11 Å². The zero-order valence-corrected chi connectivity index (χ0v) is 9.50. The van der Waals surface area contributed by atoms with E-state index in [0.717, 1.165) is 0 Å². The van der Waals surface area contributed by atoms with Crippen LogP contribution in [-0.2, 0) is 4.79 Å². The van der Waals surface area contributed by atoms with Crippen molar-refractivity contribution < 1.29 is 14.7 Å². The van der Waals surface area contributed by atoms with E-state index in [0.29, 0.717) is 18.4 Å². The van der Waals surface area contributed by atoms with Crippen LogP contribution < -0.4 is 5.32 Å². The Morgan fingerprint density at radius 3 is 2.88 bits per heavy atom. The molecule has 1 rings (SSSR count). The Morgan fingerprint density at radius 1 is 1.62 bits per heavy atom. The number of allylic oxidation sites excluding steroid dienone is 1. The minimum absolute atomic E-state index is 0.349. The SMILES string of the molecule is C=CCCC(NC(=O)c1ccsc1)C(=O)O. The normalized spacial score (nSPS) is 11.8. The molecule has 0 saturated heterocycles. The number of amides is 1. The van der Waals surface area contributed by atoms with Gasteiger partial charge in [0.15, 0.2) is 0 Å². The van der Waals surface area contributed by atoms with Gasteiger partial charge in [0.05, 0.1) is 5.56 Å². The van der Waals surface area contributed by atoms with E-state index >= 15 is 0 Å². The number of carboxylic acids is 1. The molecule has 86 valence electrons. The standard InChI is InChI=1S/C11H13NO3S/c1-2-3-4-9(11(14)15)12-10(13)8-5-6-16-7-8/h2,5-7,9H,1,3-4H2,(H,12,13)(H,14,15). The smallest absolute Gasteiger partial charge is 0.326 e. The molecule has 0 fully saturated rings. The van der Waals surface area contributed by atoms with E-state index in [1.54, 1.807) is 22.9 Å². The second kappa shape index (κ2) is 6.07. The van der Waals surface area contributed by atoms with Crippen molar-refractivity contribution in [3.8, 4) is 0 Å². The van der Waals surface area contributed by atoms with Gasteiger partial charge in [0.25, 0.3) is 5.91 Å². The fourth-order valence-corrected chi connectivity index (χ4v) is 1.81. The molecule has 0 aliphatic heterocycles. The highest BCUT2D eigenvalue weighted by molar-refractivity contribution is 7.08. The molecule has 0 bridgehead atoms. The fourth-order valence-electron chi connectivity index (χ4n) is 1.18. The second-order valence-electron chi connectivity index (χ2n) is 3.24. The van der Waals surface area contributed by atoms with Crippen LogP contribution in [0.15, 0.2) is 29.5 Å². The summed E-state index contributed by atoms with van der Waals surface area (Å²) in [6.07, 6.45) is 2.54. The van der Waals surface area contributed by atoms with Crippen LogP contribution >= 0.6 is 11.3 Å². The minimum Gasteiger partial charge on any atom is -0.480 e. The first-order chi connectivity index (χ1) is 7.65. The zero-order chi connectivity index (χ0) is 12.0. The summed E-state index contributed by atoms with van der Waals surface area (Å²) in [7, 11) is 0. The van der Waals surface area contributed by atoms with Crippen molar-refractivity contribution in [3.63, 3.8) is 0 Å². The Kier molecular flexibility index (Phi) is 4.72. The van der Waals surface area contributed by atoms with Gasteiger partial charge in [0, 0.05) is 5.38 Å². The Balaban J connectivity index is 2.58. The van der Waals surface area contributed by atoms with E-state index in [-0.39, 0.29) is 5.91 Å². The van der Waals surface area contributed by atoms with E-state index in [2.05, 4.69) is 11.9 Å². The first-order valence-electron chi connectivity index (χ1n) is 4.82. The largest absolute Gasteiger partial charge is 0.480 e. The maximum atomic E-state index is 11.6. The molecule has 16 heavy (non-hydrogen) atoms. The van der Waals surface area contributed by atoms with Gasteiger partial charge in [-0.05, 0) is 24.3 Å². The highest BCUT2D eigenvalue weighted by Gasteiger charge is 2.19. The second-order valence-corrected chi connectivity index (χ2v) is 4.02. The molecule has 0 saturated carbocycles. The summed E-state index contributed by atoms with van der Waals surface area (Å²) >= 11 is 1.40. The fraction of sp³-hybridized carbons (Fsp3) is 0.273. The average molecular weight is 239 g/mol. The van der Waals surface area contributed by atoms with E-state index in [9.17, 15) is 9.59 Å². The minimum atomic E-state index is -1.02. The summed E-state index contributed by atoms with van der Waals surface area (Å²) < 4.78 is 0. The lowest BCUT2D eigenvalue weighted by Gasteiger charge is -2.12. The lowest BCUT2D eigenvalue weighted by Crippen LogP contribution is -2.40. The van der Waals surface area contributed by atoms with Crippen LogP contribution in [0.5, 0.6) is 0 Å². The zero-order valence-electron chi connectivity index (χ0n) is 8.68. The third-order valence-electron chi connectivity index (χ3n) is 2.05. The van der Waals surface area contributed by atoms with Crippen LogP contribution in [0.4, 0.5) is 0 Å². The molecule has 0 aromatic carbocycles. The van der Waals surface area contributed by atoms with Crippen LogP contribution in [-0.4, -0.2) is 23.0 Å². The Morgan fingerprint density at radius 2 is 2.38 bits per heavy atom. The predicted molar refractivity (Wildman–Crippen MR) is 62.6 cm³/mol. The van der Waals surface area contributed by atoms with Crippen molar-refractivity contribution in [2.75, 3.05) is 0 Å². The number of hydrogen-bond donors (Lipinski definition) is 2. The summed E-state index contributed by atoms with van der Waals surface area (Å²) in [6.45, 7) is 3.52. The topological polar surface area (TPSA) is 66.4 Å².